The molecule has 0 radical (unpaired) electrons. The molecule has 6 heteroatoms. The van der Waals surface area contributed by atoms with Crippen LogP contribution in [0.4, 0.5) is 0 Å². The molecule has 3 unspecified atom stereocenters. The Morgan fingerprint density at radius 3 is 2.60 bits per heavy atom. The first-order valence-corrected chi connectivity index (χ1v) is 12.3. The minimum Gasteiger partial charge on any atom is -0.480 e. The Bertz CT molecular complexity index is 790. The van der Waals surface area contributed by atoms with Crippen molar-refractivity contribution in [1.29, 1.82) is 0 Å². The molecule has 0 heterocycles. The Hall–Kier alpha value is -1.14. The summed E-state index contributed by atoms with van der Waals surface area (Å²) in [4.78, 5) is 35.8. The van der Waals surface area contributed by atoms with Gasteiger partial charge in [0.05, 0.1) is 6.10 Å². The average molecular weight is 435 g/mol. The van der Waals surface area contributed by atoms with E-state index in [0.29, 0.717) is 30.6 Å². The molecule has 0 spiro atoms. The van der Waals surface area contributed by atoms with Crippen molar-refractivity contribution < 1.29 is 24.6 Å². The van der Waals surface area contributed by atoms with Gasteiger partial charge in [-0.25, -0.2) is 0 Å². The van der Waals surface area contributed by atoms with Crippen LogP contribution in [0.25, 0.3) is 0 Å². The second kappa shape index (κ2) is 7.77. The topological polar surface area (TPSA) is 91.7 Å². The van der Waals surface area contributed by atoms with E-state index in [2.05, 4.69) is 13.8 Å². The van der Waals surface area contributed by atoms with Gasteiger partial charge in [-0.2, -0.15) is 0 Å². The van der Waals surface area contributed by atoms with Crippen LogP contribution in [0.3, 0.4) is 0 Å². The smallest absolute Gasteiger partial charge is 0.317 e. The number of carboxylic acids is 1. The van der Waals surface area contributed by atoms with Crippen molar-refractivity contribution in [3.05, 3.63) is 11.6 Å². The first-order chi connectivity index (χ1) is 14.1. The molecule has 3 fully saturated rings. The Morgan fingerprint density at radius 2 is 1.93 bits per heavy atom. The molecule has 30 heavy (non-hydrogen) atoms. The fourth-order valence-electron chi connectivity index (χ4n) is 7.59. The van der Waals surface area contributed by atoms with Gasteiger partial charge in [-0.3, -0.25) is 14.4 Å². The summed E-state index contributed by atoms with van der Waals surface area (Å²) in [6, 6.07) is 0. The fourth-order valence-corrected chi connectivity index (χ4v) is 8.44. The molecule has 0 amide bonds. The van der Waals surface area contributed by atoms with Crippen LogP contribution in [0, 0.1) is 34.5 Å². The standard InChI is InChI=1S/C24H34O5S/c1-13(25)30-19(22(28)29)11-14-10-15-12-16(26)6-8-23(15,2)18-7-9-24(3)17(21(14)18)4-5-20(24)27/h12,14,17-21,27H,4-11H2,1-3H3,(H,28,29)/t14?,17-,18+,19?,20?,21-,23-,24-/m0/s1. The van der Waals surface area contributed by atoms with Crippen molar-refractivity contribution in [3.63, 3.8) is 0 Å². The minimum absolute atomic E-state index is 0.00358. The number of hydrogen-bond donors (Lipinski definition) is 2. The van der Waals surface area contributed by atoms with Gasteiger partial charge >= 0.3 is 5.97 Å². The molecular formula is C24H34O5S. The third kappa shape index (κ3) is 3.48. The van der Waals surface area contributed by atoms with Gasteiger partial charge in [0.2, 0.25) is 0 Å². The lowest BCUT2D eigenvalue weighted by Crippen LogP contribution is -2.54. The molecule has 4 aliphatic rings. The number of carbonyl (C=O) groups excluding carboxylic acids is 2. The van der Waals surface area contributed by atoms with Crippen LogP contribution in [-0.4, -0.2) is 38.4 Å². The molecule has 0 aliphatic heterocycles. The number of aliphatic carboxylic acids is 1. The Balaban J connectivity index is 1.72. The number of hydrogen-bond acceptors (Lipinski definition) is 5. The number of carboxylic acid groups (broad SMARTS) is 1. The number of thioether (sulfide) groups is 1. The molecular weight excluding hydrogens is 400 g/mol. The first kappa shape index (κ1) is 22.1. The van der Waals surface area contributed by atoms with Gasteiger partial charge < -0.3 is 10.2 Å². The Kier molecular flexibility index (Phi) is 5.72. The predicted molar refractivity (Wildman–Crippen MR) is 116 cm³/mol. The molecule has 4 aliphatic carbocycles. The third-order valence-electron chi connectivity index (χ3n) is 9.19. The van der Waals surface area contributed by atoms with Crippen LogP contribution in [-0.2, 0) is 14.4 Å². The zero-order chi connectivity index (χ0) is 21.8. The van der Waals surface area contributed by atoms with Crippen LogP contribution in [0.15, 0.2) is 11.6 Å². The molecule has 0 aromatic heterocycles. The summed E-state index contributed by atoms with van der Waals surface area (Å²) in [6.45, 7) is 5.96. The van der Waals surface area contributed by atoms with Crippen molar-refractivity contribution in [1.82, 2.24) is 0 Å². The zero-order valence-corrected chi connectivity index (χ0v) is 19.0. The van der Waals surface area contributed by atoms with Crippen molar-refractivity contribution in [2.45, 2.75) is 83.5 Å². The summed E-state index contributed by atoms with van der Waals surface area (Å²) < 4.78 is 0. The summed E-state index contributed by atoms with van der Waals surface area (Å²) in [6.07, 6.45) is 8.04. The van der Waals surface area contributed by atoms with E-state index >= 15 is 0 Å². The molecule has 8 atom stereocenters. The van der Waals surface area contributed by atoms with Crippen LogP contribution in [0.2, 0.25) is 0 Å². The van der Waals surface area contributed by atoms with Crippen LogP contribution in [0.5, 0.6) is 0 Å². The highest BCUT2D eigenvalue weighted by atomic mass is 32.2. The van der Waals surface area contributed by atoms with E-state index < -0.39 is 11.2 Å². The van der Waals surface area contributed by atoms with Gasteiger partial charge in [-0.15, -0.1) is 0 Å². The van der Waals surface area contributed by atoms with Crippen LogP contribution in [0.1, 0.15) is 72.1 Å². The van der Waals surface area contributed by atoms with E-state index in [1.807, 2.05) is 6.08 Å². The van der Waals surface area contributed by atoms with E-state index in [-0.39, 0.29) is 33.8 Å². The Morgan fingerprint density at radius 1 is 1.20 bits per heavy atom. The van der Waals surface area contributed by atoms with Crippen molar-refractivity contribution in [2.75, 3.05) is 0 Å². The summed E-state index contributed by atoms with van der Waals surface area (Å²) in [5, 5.41) is 19.6. The highest BCUT2D eigenvalue weighted by molar-refractivity contribution is 8.14. The van der Waals surface area contributed by atoms with Crippen molar-refractivity contribution in [2.24, 2.45) is 34.5 Å². The summed E-state index contributed by atoms with van der Waals surface area (Å²) in [5.74, 6) is 0.511. The number of allylic oxidation sites excluding steroid dienone is 1. The Labute approximate surface area is 183 Å². The predicted octanol–water partition coefficient (Wildman–Crippen LogP) is 4.23. The minimum atomic E-state index is -0.932. The highest BCUT2D eigenvalue weighted by Crippen LogP contribution is 2.67. The van der Waals surface area contributed by atoms with Crippen molar-refractivity contribution >= 4 is 28.6 Å². The molecule has 0 bridgehead atoms. The molecule has 0 aromatic rings. The molecule has 3 saturated carbocycles. The maximum Gasteiger partial charge on any atom is 0.317 e. The first-order valence-electron chi connectivity index (χ1n) is 11.4. The quantitative estimate of drug-likeness (QED) is 0.688. The maximum absolute atomic E-state index is 12.2. The van der Waals surface area contributed by atoms with Gasteiger partial charge in [-0.05, 0) is 85.5 Å². The van der Waals surface area contributed by atoms with Crippen molar-refractivity contribution in [3.8, 4) is 0 Å². The largest absolute Gasteiger partial charge is 0.480 e. The third-order valence-corrected chi connectivity index (χ3v) is 10.2. The summed E-state index contributed by atoms with van der Waals surface area (Å²) >= 11 is 0.920. The van der Waals surface area contributed by atoms with E-state index in [1.165, 1.54) is 12.5 Å². The van der Waals surface area contributed by atoms with Gasteiger partial charge in [0.25, 0.3) is 0 Å². The number of aliphatic hydroxyl groups is 1. The normalized spacial score (nSPS) is 43.8. The molecule has 4 rings (SSSR count). The zero-order valence-electron chi connectivity index (χ0n) is 18.2. The number of fused-ring (bicyclic) bond motifs is 5. The second-order valence-electron chi connectivity index (χ2n) is 10.6. The van der Waals surface area contributed by atoms with E-state index in [4.69, 9.17) is 0 Å². The molecule has 2 N–H and O–H groups in total. The fraction of sp³-hybridized carbons (Fsp3) is 0.792. The maximum atomic E-state index is 12.2. The van der Waals surface area contributed by atoms with Crippen LogP contribution < -0.4 is 0 Å². The molecule has 0 saturated heterocycles. The van der Waals surface area contributed by atoms with E-state index in [1.54, 1.807) is 0 Å². The lowest BCUT2D eigenvalue weighted by atomic mass is 9.44. The SMILES string of the molecule is CC(=O)SC(CC1CC2=CC(=O)CC[C@]2(C)[C@@H]2CC[C@]3(C)C(O)CC[C@H]3[C@H]12)C(=O)O. The molecule has 166 valence electrons. The summed E-state index contributed by atoms with van der Waals surface area (Å²) in [5.41, 5.74) is 1.09. The average Bonchev–Trinajstić information content (AvgIpc) is 2.97. The molecule has 0 aromatic carbocycles. The summed E-state index contributed by atoms with van der Waals surface area (Å²) in [7, 11) is 0. The lowest BCUT2D eigenvalue weighted by Gasteiger charge is -2.60. The van der Waals surface area contributed by atoms with Gasteiger partial charge in [-0.1, -0.05) is 31.2 Å². The highest BCUT2D eigenvalue weighted by Gasteiger charge is 2.61. The monoisotopic (exact) mass is 434 g/mol. The number of rotatable bonds is 4. The van der Waals surface area contributed by atoms with E-state index in [9.17, 15) is 24.6 Å². The van der Waals surface area contributed by atoms with Crippen LogP contribution >= 0.6 is 11.8 Å². The van der Waals surface area contributed by atoms with Gasteiger partial charge in [0, 0.05) is 13.3 Å². The van der Waals surface area contributed by atoms with E-state index in [0.717, 1.165) is 50.3 Å². The lowest BCUT2D eigenvalue weighted by molar-refractivity contribution is -0.138. The number of aliphatic hydroxyl groups excluding tert-OH is 1. The van der Waals surface area contributed by atoms with Gasteiger partial charge in [0.1, 0.15) is 5.25 Å². The second-order valence-corrected chi connectivity index (χ2v) is 12.0. The number of carbonyl (C=O) groups is 3. The molecule has 5 nitrogen and oxygen atoms in total. The number of ketones is 1. The van der Waals surface area contributed by atoms with Gasteiger partial charge in [0.15, 0.2) is 10.9 Å².